The van der Waals surface area contributed by atoms with Crippen molar-refractivity contribution >= 4 is 17.7 Å². The monoisotopic (exact) mass is 290 g/mol. The summed E-state index contributed by atoms with van der Waals surface area (Å²) in [6, 6.07) is 8.79. The normalized spacial score (nSPS) is 24.5. The number of ether oxygens (including phenoxy) is 2. The molecular formula is C16H18O5. The quantitative estimate of drug-likeness (QED) is 0.471. The first-order valence-corrected chi connectivity index (χ1v) is 6.89. The van der Waals surface area contributed by atoms with Crippen molar-refractivity contribution in [2.24, 2.45) is 11.3 Å². The molecule has 2 rings (SSSR count). The van der Waals surface area contributed by atoms with Crippen molar-refractivity contribution in [2.45, 2.75) is 20.3 Å². The summed E-state index contributed by atoms with van der Waals surface area (Å²) >= 11 is 0. The van der Waals surface area contributed by atoms with Crippen LogP contribution in [0.4, 0.5) is 0 Å². The topological polar surface area (TPSA) is 69.7 Å². The fourth-order valence-electron chi connectivity index (χ4n) is 2.54. The fourth-order valence-corrected chi connectivity index (χ4v) is 2.54. The minimum Gasteiger partial charge on any atom is -0.465 e. The van der Waals surface area contributed by atoms with Crippen LogP contribution < -0.4 is 0 Å². The molecule has 1 aliphatic heterocycles. The highest BCUT2D eigenvalue weighted by atomic mass is 16.6. The van der Waals surface area contributed by atoms with Gasteiger partial charge in [-0.3, -0.25) is 14.4 Å². The molecule has 5 heteroatoms. The number of esters is 2. The number of hydrogen-bond donors (Lipinski definition) is 0. The van der Waals surface area contributed by atoms with Crippen LogP contribution in [0.5, 0.6) is 0 Å². The number of carbonyl (C=O) groups excluding carboxylic acids is 3. The highest BCUT2D eigenvalue weighted by Crippen LogP contribution is 2.40. The van der Waals surface area contributed by atoms with Gasteiger partial charge in [-0.25, -0.2) is 0 Å². The molecule has 0 saturated carbocycles. The van der Waals surface area contributed by atoms with E-state index in [1.807, 2.05) is 6.07 Å². The van der Waals surface area contributed by atoms with Gasteiger partial charge in [-0.15, -0.1) is 0 Å². The van der Waals surface area contributed by atoms with E-state index < -0.39 is 23.3 Å². The number of ketones is 1. The SMILES string of the molecule is CCOC(=O)[C@@H]1C(=O)OCC1(C)CC(=O)c1ccccc1. The molecular weight excluding hydrogens is 272 g/mol. The van der Waals surface area contributed by atoms with Crippen molar-refractivity contribution in [2.75, 3.05) is 13.2 Å². The lowest BCUT2D eigenvalue weighted by Gasteiger charge is -2.25. The molecule has 0 aliphatic carbocycles. The molecule has 2 atom stereocenters. The summed E-state index contributed by atoms with van der Waals surface area (Å²) in [4.78, 5) is 36.1. The largest absolute Gasteiger partial charge is 0.465 e. The van der Waals surface area contributed by atoms with E-state index in [-0.39, 0.29) is 25.4 Å². The summed E-state index contributed by atoms with van der Waals surface area (Å²) in [5, 5.41) is 0. The molecule has 1 aromatic carbocycles. The molecule has 0 N–H and O–H groups in total. The van der Waals surface area contributed by atoms with E-state index in [0.29, 0.717) is 5.56 Å². The Bertz CT molecular complexity index is 551. The maximum atomic E-state index is 12.3. The molecule has 0 spiro atoms. The van der Waals surface area contributed by atoms with Crippen LogP contribution in [0.1, 0.15) is 30.6 Å². The Morgan fingerprint density at radius 2 is 2.00 bits per heavy atom. The van der Waals surface area contributed by atoms with Gasteiger partial charge in [0, 0.05) is 17.4 Å². The van der Waals surface area contributed by atoms with Crippen LogP contribution in [0.25, 0.3) is 0 Å². The average molecular weight is 290 g/mol. The lowest BCUT2D eigenvalue weighted by Crippen LogP contribution is -2.37. The molecule has 0 aromatic heterocycles. The van der Waals surface area contributed by atoms with Gasteiger partial charge in [0.05, 0.1) is 13.2 Å². The van der Waals surface area contributed by atoms with Gasteiger partial charge in [-0.2, -0.15) is 0 Å². The molecule has 0 bridgehead atoms. The number of rotatable bonds is 5. The standard InChI is InChI=1S/C16H18O5/c1-3-20-14(18)13-15(19)21-10-16(13,2)9-12(17)11-7-5-4-6-8-11/h4-8,13H,3,9-10H2,1-2H3/t13-,16?/m1/s1. The molecule has 21 heavy (non-hydrogen) atoms. The van der Waals surface area contributed by atoms with Crippen LogP contribution in [0.3, 0.4) is 0 Å². The highest BCUT2D eigenvalue weighted by Gasteiger charge is 2.53. The summed E-state index contributed by atoms with van der Waals surface area (Å²) in [6.45, 7) is 3.62. The number of Topliss-reactive ketones (excluding diaryl/α,β-unsaturated/α-hetero) is 1. The molecule has 5 nitrogen and oxygen atoms in total. The van der Waals surface area contributed by atoms with Crippen molar-refractivity contribution in [3.05, 3.63) is 35.9 Å². The lowest BCUT2D eigenvalue weighted by atomic mass is 9.75. The molecule has 1 unspecified atom stereocenters. The minimum atomic E-state index is -1.04. The Morgan fingerprint density at radius 1 is 1.33 bits per heavy atom. The second kappa shape index (κ2) is 6.08. The van der Waals surface area contributed by atoms with Crippen molar-refractivity contribution < 1.29 is 23.9 Å². The van der Waals surface area contributed by atoms with E-state index >= 15 is 0 Å². The van der Waals surface area contributed by atoms with Gasteiger partial charge in [-0.1, -0.05) is 37.3 Å². The zero-order valence-electron chi connectivity index (χ0n) is 12.1. The maximum Gasteiger partial charge on any atom is 0.321 e. The van der Waals surface area contributed by atoms with Gasteiger partial charge in [0.25, 0.3) is 0 Å². The van der Waals surface area contributed by atoms with E-state index in [1.165, 1.54) is 0 Å². The molecule has 112 valence electrons. The van der Waals surface area contributed by atoms with Crippen LogP contribution >= 0.6 is 0 Å². The van der Waals surface area contributed by atoms with Crippen molar-refractivity contribution in [1.82, 2.24) is 0 Å². The molecule has 1 heterocycles. The fraction of sp³-hybridized carbons (Fsp3) is 0.438. The van der Waals surface area contributed by atoms with Crippen molar-refractivity contribution in [3.8, 4) is 0 Å². The molecule has 1 aliphatic rings. The second-order valence-corrected chi connectivity index (χ2v) is 5.41. The molecule has 0 radical (unpaired) electrons. The van der Waals surface area contributed by atoms with Crippen LogP contribution in [0, 0.1) is 11.3 Å². The Kier molecular flexibility index (Phi) is 4.40. The van der Waals surface area contributed by atoms with Crippen LogP contribution in [0.2, 0.25) is 0 Å². The predicted molar refractivity (Wildman–Crippen MR) is 74.6 cm³/mol. The first-order valence-electron chi connectivity index (χ1n) is 6.89. The zero-order chi connectivity index (χ0) is 15.5. The van der Waals surface area contributed by atoms with E-state index in [2.05, 4.69) is 0 Å². The first-order chi connectivity index (χ1) is 9.98. The number of cyclic esters (lactones) is 1. The highest BCUT2D eigenvalue weighted by molar-refractivity contribution is 6.01. The number of hydrogen-bond acceptors (Lipinski definition) is 5. The van der Waals surface area contributed by atoms with Crippen LogP contribution in [0.15, 0.2) is 30.3 Å². The lowest BCUT2D eigenvalue weighted by molar-refractivity contribution is -0.157. The third-order valence-electron chi connectivity index (χ3n) is 3.66. The average Bonchev–Trinajstić information content (AvgIpc) is 2.75. The van der Waals surface area contributed by atoms with Gasteiger partial charge in [0.1, 0.15) is 0 Å². The maximum absolute atomic E-state index is 12.3. The van der Waals surface area contributed by atoms with Gasteiger partial charge in [0.15, 0.2) is 11.7 Å². The smallest absolute Gasteiger partial charge is 0.321 e. The first kappa shape index (κ1) is 15.2. The summed E-state index contributed by atoms with van der Waals surface area (Å²) in [5.74, 6) is -2.39. The van der Waals surface area contributed by atoms with Gasteiger partial charge < -0.3 is 9.47 Å². The summed E-state index contributed by atoms with van der Waals surface area (Å²) < 4.78 is 9.92. The third kappa shape index (κ3) is 3.12. The second-order valence-electron chi connectivity index (χ2n) is 5.41. The Balaban J connectivity index is 2.18. The zero-order valence-corrected chi connectivity index (χ0v) is 12.1. The number of benzene rings is 1. The number of carbonyl (C=O) groups is 3. The summed E-state index contributed by atoms with van der Waals surface area (Å²) in [7, 11) is 0. The van der Waals surface area contributed by atoms with Crippen molar-refractivity contribution in [1.29, 1.82) is 0 Å². The third-order valence-corrected chi connectivity index (χ3v) is 3.66. The molecule has 1 fully saturated rings. The molecule has 1 aromatic rings. The van der Waals surface area contributed by atoms with Gasteiger partial charge in [-0.05, 0) is 6.92 Å². The van der Waals surface area contributed by atoms with E-state index in [0.717, 1.165) is 0 Å². The Labute approximate surface area is 123 Å². The van der Waals surface area contributed by atoms with Crippen LogP contribution in [-0.2, 0) is 19.1 Å². The van der Waals surface area contributed by atoms with E-state index in [4.69, 9.17) is 9.47 Å². The Hall–Kier alpha value is -2.17. The van der Waals surface area contributed by atoms with Gasteiger partial charge in [0.2, 0.25) is 0 Å². The predicted octanol–water partition coefficient (Wildman–Crippen LogP) is 2.00. The van der Waals surface area contributed by atoms with Crippen LogP contribution in [-0.4, -0.2) is 30.9 Å². The molecule has 1 saturated heterocycles. The minimum absolute atomic E-state index is 0.0495. The summed E-state index contributed by atoms with van der Waals surface area (Å²) in [5.41, 5.74) is -0.309. The Morgan fingerprint density at radius 3 is 2.62 bits per heavy atom. The van der Waals surface area contributed by atoms with Gasteiger partial charge >= 0.3 is 11.9 Å². The summed E-state index contributed by atoms with van der Waals surface area (Å²) in [6.07, 6.45) is 0.0617. The molecule has 0 amide bonds. The van der Waals surface area contributed by atoms with E-state index in [1.54, 1.807) is 38.1 Å². The van der Waals surface area contributed by atoms with E-state index in [9.17, 15) is 14.4 Å². The van der Waals surface area contributed by atoms with Crippen molar-refractivity contribution in [3.63, 3.8) is 0 Å².